The van der Waals surface area contributed by atoms with Gasteiger partial charge in [0.1, 0.15) is 0 Å². The highest BCUT2D eigenvalue weighted by Crippen LogP contribution is 2.33. The predicted octanol–water partition coefficient (Wildman–Crippen LogP) is 3.77. The maximum Gasteiger partial charge on any atom is 0.0825 e. The average molecular weight is 282 g/mol. The zero-order valence-electron chi connectivity index (χ0n) is 9.58. The van der Waals surface area contributed by atoms with Crippen molar-refractivity contribution in [1.82, 2.24) is 0 Å². The summed E-state index contributed by atoms with van der Waals surface area (Å²) in [6, 6.07) is 11.0. The molecule has 0 saturated carbocycles. The zero-order chi connectivity index (χ0) is 13.1. The summed E-state index contributed by atoms with van der Waals surface area (Å²) in [6.07, 6.45) is 0. The van der Waals surface area contributed by atoms with Gasteiger partial charge in [-0.25, -0.2) is 0 Å². The molecule has 3 nitrogen and oxygen atoms in total. The first-order valence-electron chi connectivity index (χ1n) is 5.40. The third kappa shape index (κ3) is 2.63. The Morgan fingerprint density at radius 2 is 1.67 bits per heavy atom. The van der Waals surface area contributed by atoms with E-state index in [1.165, 1.54) is 0 Å². The Morgan fingerprint density at radius 1 is 0.944 bits per heavy atom. The maximum absolute atomic E-state index is 6.07. The van der Waals surface area contributed by atoms with Crippen molar-refractivity contribution in [3.63, 3.8) is 0 Å². The molecular weight excluding hydrogens is 269 g/mol. The molecule has 0 aromatic heterocycles. The van der Waals surface area contributed by atoms with E-state index in [0.29, 0.717) is 33.7 Å². The fourth-order valence-electron chi connectivity index (χ4n) is 1.63. The van der Waals surface area contributed by atoms with Crippen LogP contribution in [0, 0.1) is 0 Å². The van der Waals surface area contributed by atoms with Gasteiger partial charge in [0.25, 0.3) is 0 Å². The summed E-state index contributed by atoms with van der Waals surface area (Å²) >= 11 is 12.0. The lowest BCUT2D eigenvalue weighted by Gasteiger charge is -2.13. The van der Waals surface area contributed by atoms with E-state index in [1.54, 1.807) is 12.1 Å². The Bertz CT molecular complexity index is 570. The van der Waals surface area contributed by atoms with E-state index in [-0.39, 0.29) is 0 Å². The van der Waals surface area contributed by atoms with E-state index in [1.807, 2.05) is 24.3 Å². The van der Waals surface area contributed by atoms with Gasteiger partial charge in [-0.2, -0.15) is 0 Å². The van der Waals surface area contributed by atoms with Crippen LogP contribution in [0.3, 0.4) is 0 Å². The number of nitrogens with one attached hydrogen (secondary N) is 1. The molecule has 0 fully saturated rings. The second-order valence-electron chi connectivity index (χ2n) is 3.87. The van der Waals surface area contributed by atoms with Crippen LogP contribution in [-0.2, 0) is 6.54 Å². The monoisotopic (exact) mass is 281 g/mol. The average Bonchev–Trinajstić information content (AvgIpc) is 2.36. The molecule has 2 rings (SSSR count). The number of hydrogen-bond donors (Lipinski definition) is 3. The molecule has 0 spiro atoms. The van der Waals surface area contributed by atoms with Gasteiger partial charge in [0.15, 0.2) is 0 Å². The minimum absolute atomic E-state index is 0.448. The van der Waals surface area contributed by atoms with Crippen LogP contribution in [0.25, 0.3) is 0 Å². The van der Waals surface area contributed by atoms with Crippen LogP contribution in [0.2, 0.25) is 10.0 Å². The first kappa shape index (κ1) is 12.9. The summed E-state index contributed by atoms with van der Waals surface area (Å²) in [5.74, 6) is 0. The molecule has 5 N–H and O–H groups in total. The van der Waals surface area contributed by atoms with Crippen molar-refractivity contribution >= 4 is 40.3 Å². The number of halogens is 2. The van der Waals surface area contributed by atoms with Gasteiger partial charge in [0.05, 0.1) is 22.1 Å². The Hall–Kier alpha value is -1.58. The minimum atomic E-state index is 0.448. The summed E-state index contributed by atoms with van der Waals surface area (Å²) in [5.41, 5.74) is 14.4. The van der Waals surface area contributed by atoms with Crippen molar-refractivity contribution < 1.29 is 0 Å². The van der Waals surface area contributed by atoms with Crippen molar-refractivity contribution in [1.29, 1.82) is 0 Å². The molecule has 0 bridgehead atoms. The molecule has 0 unspecified atom stereocenters. The van der Waals surface area contributed by atoms with Crippen LogP contribution >= 0.6 is 23.2 Å². The molecular formula is C13H13Cl2N3. The molecule has 18 heavy (non-hydrogen) atoms. The lowest BCUT2D eigenvalue weighted by Crippen LogP contribution is -2.06. The number of nitrogen functional groups attached to an aromatic ring is 2. The van der Waals surface area contributed by atoms with Gasteiger partial charge in [-0.05, 0) is 23.8 Å². The molecule has 0 saturated heterocycles. The van der Waals surface area contributed by atoms with Crippen LogP contribution in [0.15, 0.2) is 36.4 Å². The van der Waals surface area contributed by atoms with Crippen molar-refractivity contribution in [3.8, 4) is 0 Å². The molecule has 94 valence electrons. The van der Waals surface area contributed by atoms with Crippen molar-refractivity contribution in [2.75, 3.05) is 16.8 Å². The van der Waals surface area contributed by atoms with Crippen molar-refractivity contribution in [2.24, 2.45) is 0 Å². The molecule has 0 heterocycles. The highest BCUT2D eigenvalue weighted by atomic mass is 35.5. The minimum Gasteiger partial charge on any atom is -0.397 e. The lowest BCUT2D eigenvalue weighted by molar-refractivity contribution is 1.15. The van der Waals surface area contributed by atoms with E-state index < -0.39 is 0 Å². The summed E-state index contributed by atoms with van der Waals surface area (Å²) in [5, 5.41) is 4.34. The van der Waals surface area contributed by atoms with E-state index in [4.69, 9.17) is 34.7 Å². The Kier molecular flexibility index (Phi) is 3.84. The molecule has 0 radical (unpaired) electrons. The van der Waals surface area contributed by atoms with Crippen molar-refractivity contribution in [2.45, 2.75) is 6.54 Å². The SMILES string of the molecule is Nc1ccc(Cl)c(N)c1NCc1ccccc1Cl. The second-order valence-corrected chi connectivity index (χ2v) is 4.68. The second kappa shape index (κ2) is 5.38. The Labute approximate surface area is 116 Å². The van der Waals surface area contributed by atoms with E-state index in [9.17, 15) is 0 Å². The number of benzene rings is 2. The number of nitrogens with two attached hydrogens (primary N) is 2. The first-order chi connectivity index (χ1) is 8.59. The first-order valence-corrected chi connectivity index (χ1v) is 6.16. The van der Waals surface area contributed by atoms with Gasteiger partial charge in [-0.15, -0.1) is 0 Å². The fourth-order valence-corrected chi connectivity index (χ4v) is 1.99. The summed E-state index contributed by atoms with van der Waals surface area (Å²) in [4.78, 5) is 0. The number of hydrogen-bond acceptors (Lipinski definition) is 3. The van der Waals surface area contributed by atoms with Gasteiger partial charge in [-0.1, -0.05) is 41.4 Å². The third-order valence-corrected chi connectivity index (χ3v) is 3.34. The van der Waals surface area contributed by atoms with Crippen LogP contribution in [0.4, 0.5) is 17.1 Å². The molecule has 2 aromatic rings. The standard InChI is InChI=1S/C13H13Cl2N3/c14-9-4-2-1-3-8(9)7-18-13-11(16)6-5-10(15)12(13)17/h1-6,18H,7,16-17H2. The number of anilines is 3. The van der Waals surface area contributed by atoms with Crippen molar-refractivity contribution in [3.05, 3.63) is 52.0 Å². The van der Waals surface area contributed by atoms with Crippen LogP contribution in [-0.4, -0.2) is 0 Å². The van der Waals surface area contributed by atoms with Crippen LogP contribution in [0.1, 0.15) is 5.56 Å². The van der Waals surface area contributed by atoms with E-state index in [2.05, 4.69) is 5.32 Å². The molecule has 0 aliphatic rings. The van der Waals surface area contributed by atoms with Gasteiger partial charge in [0.2, 0.25) is 0 Å². The van der Waals surface area contributed by atoms with E-state index in [0.717, 1.165) is 5.56 Å². The van der Waals surface area contributed by atoms with Gasteiger partial charge < -0.3 is 16.8 Å². The Morgan fingerprint density at radius 3 is 2.39 bits per heavy atom. The predicted molar refractivity (Wildman–Crippen MR) is 79.1 cm³/mol. The third-order valence-electron chi connectivity index (χ3n) is 2.64. The molecule has 5 heteroatoms. The van der Waals surface area contributed by atoms with Gasteiger partial charge in [-0.3, -0.25) is 0 Å². The number of rotatable bonds is 3. The smallest absolute Gasteiger partial charge is 0.0825 e. The molecule has 0 amide bonds. The largest absolute Gasteiger partial charge is 0.397 e. The highest BCUT2D eigenvalue weighted by molar-refractivity contribution is 6.34. The zero-order valence-corrected chi connectivity index (χ0v) is 11.1. The van der Waals surface area contributed by atoms with Gasteiger partial charge in [0, 0.05) is 11.6 Å². The summed E-state index contributed by atoms with van der Waals surface area (Å²) < 4.78 is 0. The molecule has 2 aromatic carbocycles. The summed E-state index contributed by atoms with van der Waals surface area (Å²) in [6.45, 7) is 0.536. The van der Waals surface area contributed by atoms with Crippen LogP contribution in [0.5, 0.6) is 0 Å². The molecule has 0 aliphatic carbocycles. The molecule has 0 atom stereocenters. The van der Waals surface area contributed by atoms with Gasteiger partial charge >= 0.3 is 0 Å². The fraction of sp³-hybridized carbons (Fsp3) is 0.0769. The van der Waals surface area contributed by atoms with Crippen LogP contribution < -0.4 is 16.8 Å². The highest BCUT2D eigenvalue weighted by Gasteiger charge is 2.08. The normalized spacial score (nSPS) is 10.3. The molecule has 0 aliphatic heterocycles. The summed E-state index contributed by atoms with van der Waals surface area (Å²) in [7, 11) is 0. The van der Waals surface area contributed by atoms with E-state index >= 15 is 0 Å². The topological polar surface area (TPSA) is 64.1 Å². The lowest BCUT2D eigenvalue weighted by atomic mass is 10.2. The Balaban J connectivity index is 2.21. The maximum atomic E-state index is 6.07. The quantitative estimate of drug-likeness (QED) is 0.751.